The van der Waals surface area contributed by atoms with Gasteiger partial charge in [-0.25, -0.2) is 4.79 Å². The molecule has 2 rings (SSSR count). The minimum Gasteiger partial charge on any atom is -0.324 e. The maximum absolute atomic E-state index is 12.1. The maximum atomic E-state index is 12.1. The fourth-order valence-electron chi connectivity index (χ4n) is 2.51. The van der Waals surface area contributed by atoms with Crippen LogP contribution < -0.4 is 5.32 Å². The zero-order valence-corrected chi connectivity index (χ0v) is 12.3. The average Bonchev–Trinajstić information content (AvgIpc) is 2.89. The molecule has 0 radical (unpaired) electrons. The van der Waals surface area contributed by atoms with E-state index in [2.05, 4.69) is 19.2 Å². The van der Waals surface area contributed by atoms with E-state index in [1.54, 1.807) is 24.3 Å². The molecule has 1 fully saturated rings. The summed E-state index contributed by atoms with van der Waals surface area (Å²) in [6.07, 6.45) is 1.08. The van der Waals surface area contributed by atoms with Crippen molar-refractivity contribution in [2.45, 2.75) is 27.2 Å². The molecule has 4 heteroatoms. The van der Waals surface area contributed by atoms with E-state index in [1.807, 2.05) is 4.90 Å². The van der Waals surface area contributed by atoms with Crippen molar-refractivity contribution < 1.29 is 9.59 Å². The molecule has 108 valence electrons. The summed E-state index contributed by atoms with van der Waals surface area (Å²) in [4.78, 5) is 25.2. The zero-order chi connectivity index (χ0) is 14.7. The molecule has 0 bridgehead atoms. The Hall–Kier alpha value is -1.84. The molecule has 1 saturated heterocycles. The number of Topliss-reactive ketones (excluding diaryl/α,β-unsaturated/α-hetero) is 1. The molecule has 0 aliphatic carbocycles. The Balaban J connectivity index is 1.93. The van der Waals surface area contributed by atoms with Crippen molar-refractivity contribution in [3.8, 4) is 0 Å². The van der Waals surface area contributed by atoms with E-state index in [0.29, 0.717) is 17.4 Å². The van der Waals surface area contributed by atoms with Gasteiger partial charge < -0.3 is 10.2 Å². The number of hydrogen-bond acceptors (Lipinski definition) is 2. The Morgan fingerprint density at radius 3 is 2.40 bits per heavy atom. The fraction of sp³-hybridized carbons (Fsp3) is 0.500. The number of rotatable bonds is 3. The Kier molecular flexibility index (Phi) is 4.42. The van der Waals surface area contributed by atoms with E-state index in [1.165, 1.54) is 6.92 Å². The van der Waals surface area contributed by atoms with Crippen molar-refractivity contribution in [1.29, 1.82) is 0 Å². The first kappa shape index (κ1) is 14.6. The molecule has 1 aromatic rings. The number of nitrogens with zero attached hydrogens (tertiary/aromatic N) is 1. The highest BCUT2D eigenvalue weighted by Crippen LogP contribution is 2.24. The number of hydrogen-bond donors (Lipinski definition) is 1. The second-order valence-electron chi connectivity index (χ2n) is 5.80. The van der Waals surface area contributed by atoms with Crippen LogP contribution in [0.3, 0.4) is 0 Å². The molecule has 1 atom stereocenters. The number of amides is 2. The number of urea groups is 1. The summed E-state index contributed by atoms with van der Waals surface area (Å²) < 4.78 is 0. The van der Waals surface area contributed by atoms with Gasteiger partial charge in [-0.2, -0.15) is 0 Å². The largest absolute Gasteiger partial charge is 0.324 e. The zero-order valence-electron chi connectivity index (χ0n) is 12.3. The van der Waals surface area contributed by atoms with E-state index >= 15 is 0 Å². The Labute approximate surface area is 120 Å². The summed E-state index contributed by atoms with van der Waals surface area (Å²) in [5.41, 5.74) is 1.39. The topological polar surface area (TPSA) is 49.4 Å². The molecule has 1 heterocycles. The smallest absolute Gasteiger partial charge is 0.321 e. The van der Waals surface area contributed by atoms with Crippen molar-refractivity contribution in [3.05, 3.63) is 29.8 Å². The lowest BCUT2D eigenvalue weighted by molar-refractivity contribution is 0.101. The molecule has 0 saturated carbocycles. The fourth-order valence-corrected chi connectivity index (χ4v) is 2.51. The lowest BCUT2D eigenvalue weighted by Crippen LogP contribution is -2.33. The molecule has 1 aromatic carbocycles. The molecule has 1 N–H and O–H groups in total. The van der Waals surface area contributed by atoms with Crippen LogP contribution in [0.25, 0.3) is 0 Å². The molecule has 0 spiro atoms. The Bertz CT molecular complexity index is 494. The van der Waals surface area contributed by atoms with Crippen molar-refractivity contribution in [2.75, 3.05) is 18.4 Å². The van der Waals surface area contributed by atoms with Gasteiger partial charge >= 0.3 is 6.03 Å². The van der Waals surface area contributed by atoms with Crippen molar-refractivity contribution in [1.82, 2.24) is 4.90 Å². The van der Waals surface area contributed by atoms with E-state index in [0.717, 1.165) is 25.2 Å². The third kappa shape index (κ3) is 3.38. The highest BCUT2D eigenvalue weighted by atomic mass is 16.2. The molecule has 0 aromatic heterocycles. The average molecular weight is 274 g/mol. The minimum atomic E-state index is -0.0521. The maximum Gasteiger partial charge on any atom is 0.321 e. The highest BCUT2D eigenvalue weighted by molar-refractivity contribution is 5.95. The van der Waals surface area contributed by atoms with E-state index < -0.39 is 0 Å². The highest BCUT2D eigenvalue weighted by Gasteiger charge is 2.27. The van der Waals surface area contributed by atoms with Gasteiger partial charge in [-0.15, -0.1) is 0 Å². The number of benzene rings is 1. The molecule has 1 unspecified atom stereocenters. The third-order valence-electron chi connectivity index (χ3n) is 4.00. The van der Waals surface area contributed by atoms with E-state index in [4.69, 9.17) is 0 Å². The molecule has 2 amide bonds. The van der Waals surface area contributed by atoms with Crippen molar-refractivity contribution >= 4 is 17.5 Å². The van der Waals surface area contributed by atoms with Crippen LogP contribution in [0.4, 0.5) is 10.5 Å². The number of nitrogens with one attached hydrogen (secondary N) is 1. The molecule has 4 nitrogen and oxygen atoms in total. The summed E-state index contributed by atoms with van der Waals surface area (Å²) in [6, 6.07) is 6.95. The second-order valence-corrected chi connectivity index (χ2v) is 5.80. The van der Waals surface area contributed by atoms with E-state index in [-0.39, 0.29) is 11.8 Å². The summed E-state index contributed by atoms with van der Waals surface area (Å²) in [5, 5.41) is 2.89. The number of carbonyl (C=O) groups is 2. The van der Waals surface area contributed by atoms with Gasteiger partial charge in [0.05, 0.1) is 0 Å². The van der Waals surface area contributed by atoms with Gasteiger partial charge in [0.2, 0.25) is 0 Å². The van der Waals surface area contributed by atoms with Gasteiger partial charge in [-0.1, -0.05) is 13.8 Å². The lowest BCUT2D eigenvalue weighted by atomic mass is 9.95. The van der Waals surface area contributed by atoms with Crippen LogP contribution >= 0.6 is 0 Å². The summed E-state index contributed by atoms with van der Waals surface area (Å²) in [5.74, 6) is 1.24. The summed E-state index contributed by atoms with van der Waals surface area (Å²) in [7, 11) is 0. The van der Waals surface area contributed by atoms with Crippen LogP contribution in [-0.2, 0) is 0 Å². The first-order chi connectivity index (χ1) is 9.47. The SMILES string of the molecule is CC(=O)c1ccc(NC(=O)N2CCC(C(C)C)C2)cc1. The number of anilines is 1. The monoisotopic (exact) mass is 274 g/mol. The summed E-state index contributed by atoms with van der Waals surface area (Å²) in [6.45, 7) is 7.58. The Morgan fingerprint density at radius 1 is 1.25 bits per heavy atom. The number of ketones is 1. The van der Waals surface area contributed by atoms with Crippen LogP contribution in [0.5, 0.6) is 0 Å². The summed E-state index contributed by atoms with van der Waals surface area (Å²) >= 11 is 0. The first-order valence-electron chi connectivity index (χ1n) is 7.14. The van der Waals surface area contributed by atoms with Crippen LogP contribution in [0.1, 0.15) is 37.6 Å². The molecule has 1 aliphatic rings. The Morgan fingerprint density at radius 2 is 1.90 bits per heavy atom. The van der Waals surface area contributed by atoms with Crippen LogP contribution in [-0.4, -0.2) is 29.8 Å². The quantitative estimate of drug-likeness (QED) is 0.859. The molecular weight excluding hydrogens is 252 g/mol. The first-order valence-corrected chi connectivity index (χ1v) is 7.14. The van der Waals surface area contributed by atoms with Crippen molar-refractivity contribution in [2.24, 2.45) is 11.8 Å². The van der Waals surface area contributed by atoms with Crippen LogP contribution in [0, 0.1) is 11.8 Å². The van der Waals surface area contributed by atoms with Crippen LogP contribution in [0.2, 0.25) is 0 Å². The van der Waals surface area contributed by atoms with Gasteiger partial charge in [0.1, 0.15) is 0 Å². The van der Waals surface area contributed by atoms with Gasteiger partial charge in [0.25, 0.3) is 0 Å². The van der Waals surface area contributed by atoms with Gasteiger partial charge in [-0.05, 0) is 49.4 Å². The predicted molar refractivity (Wildman–Crippen MR) is 80.0 cm³/mol. The molecule has 1 aliphatic heterocycles. The van der Waals surface area contributed by atoms with Gasteiger partial charge in [0, 0.05) is 24.3 Å². The van der Waals surface area contributed by atoms with Gasteiger partial charge in [0.15, 0.2) is 5.78 Å². The minimum absolute atomic E-state index is 0.0298. The second kappa shape index (κ2) is 6.07. The lowest BCUT2D eigenvalue weighted by Gasteiger charge is -2.18. The predicted octanol–water partition coefficient (Wildman–Crippen LogP) is 3.40. The van der Waals surface area contributed by atoms with E-state index in [9.17, 15) is 9.59 Å². The standard InChI is InChI=1S/C16H22N2O2/c1-11(2)14-8-9-18(10-14)16(20)17-15-6-4-13(5-7-15)12(3)19/h4-7,11,14H,8-10H2,1-3H3,(H,17,20). The number of likely N-dealkylation sites (tertiary alicyclic amines) is 1. The third-order valence-corrected chi connectivity index (χ3v) is 4.00. The van der Waals surface area contributed by atoms with Crippen molar-refractivity contribution in [3.63, 3.8) is 0 Å². The number of carbonyl (C=O) groups excluding carboxylic acids is 2. The molecule has 20 heavy (non-hydrogen) atoms. The van der Waals surface area contributed by atoms with Crippen LogP contribution in [0.15, 0.2) is 24.3 Å². The molecular formula is C16H22N2O2. The van der Waals surface area contributed by atoms with Gasteiger partial charge in [-0.3, -0.25) is 4.79 Å². The normalized spacial score (nSPS) is 18.4.